The zero-order valence-electron chi connectivity index (χ0n) is 33.5. The van der Waals surface area contributed by atoms with Crippen LogP contribution in [-0.4, -0.2) is 16.5 Å². The molecular weight excluding hydrogens is 736 g/mol. The number of aromatic nitrogens is 2. The number of ether oxygens (including phenoxy) is 1. The molecule has 2 N–H and O–H groups in total. The Morgan fingerprint density at radius 2 is 1.56 bits per heavy atom. The van der Waals surface area contributed by atoms with Crippen molar-refractivity contribution in [2.45, 2.75) is 52.4 Å². The summed E-state index contributed by atoms with van der Waals surface area (Å²) in [7, 11) is 0. The SMILES string of the molecule is [2H]c1c([2H])c([2H])c2c(c1[2H])c1ccc(Oc3[c-]c(Nc4ccccc4NC([2H])([2H])[2H])cc(C(C)(C)C)c3)[c-]c1n2-c1cc(C(C)(C)C)ccn1.[CH3-].[Pt]. The Hall–Kier alpha value is -4.08. The largest absolute Gasteiger partial charge is 0.509 e. The van der Waals surface area contributed by atoms with Crippen LogP contribution < -0.4 is 15.4 Å². The summed E-state index contributed by atoms with van der Waals surface area (Å²) in [5, 5.41) is 6.82. The van der Waals surface area contributed by atoms with Gasteiger partial charge in [0, 0.05) is 55.4 Å². The van der Waals surface area contributed by atoms with E-state index in [1.165, 1.54) is 0 Å². The zero-order chi connectivity index (χ0) is 36.3. The van der Waals surface area contributed by atoms with Crippen molar-refractivity contribution in [2.75, 3.05) is 17.6 Å². The van der Waals surface area contributed by atoms with Crippen molar-refractivity contribution in [1.29, 1.82) is 0 Å². The number of benzene rings is 4. The minimum Gasteiger partial charge on any atom is -0.509 e. The summed E-state index contributed by atoms with van der Waals surface area (Å²) in [6.45, 7) is 10.1. The second-order valence-corrected chi connectivity index (χ2v) is 12.6. The molecule has 0 atom stereocenters. The second-order valence-electron chi connectivity index (χ2n) is 12.6. The van der Waals surface area contributed by atoms with E-state index in [0.717, 1.165) is 11.1 Å². The number of para-hydroxylation sites is 3. The van der Waals surface area contributed by atoms with E-state index in [1.54, 1.807) is 41.1 Å². The van der Waals surface area contributed by atoms with Gasteiger partial charge in [0.2, 0.25) is 0 Å². The minimum atomic E-state index is -2.38. The van der Waals surface area contributed by atoms with Gasteiger partial charge in [0.05, 0.1) is 16.9 Å². The molecular formula is C39H41N4OPt-3. The molecule has 0 bridgehead atoms. The Labute approximate surface area is 292 Å². The van der Waals surface area contributed by atoms with Crippen molar-refractivity contribution in [3.05, 3.63) is 122 Å². The van der Waals surface area contributed by atoms with Crippen LogP contribution in [0.2, 0.25) is 0 Å². The molecule has 0 spiro atoms. The van der Waals surface area contributed by atoms with Crippen molar-refractivity contribution in [3.8, 4) is 17.3 Å². The Morgan fingerprint density at radius 1 is 0.822 bits per heavy atom. The van der Waals surface area contributed by atoms with Crippen LogP contribution in [0.4, 0.5) is 17.1 Å². The summed E-state index contributed by atoms with van der Waals surface area (Å²) in [5.74, 6) is 1.21. The first-order valence-corrected chi connectivity index (χ1v) is 14.2. The van der Waals surface area contributed by atoms with Crippen molar-refractivity contribution in [3.63, 3.8) is 0 Å². The molecule has 0 unspecified atom stereocenters. The summed E-state index contributed by atoms with van der Waals surface area (Å²) in [5.41, 5.74) is 3.79. The normalized spacial score (nSPS) is 14.0. The quantitative estimate of drug-likeness (QED) is 0.165. The number of anilines is 3. The summed E-state index contributed by atoms with van der Waals surface area (Å²) in [4.78, 5) is 4.65. The standard InChI is InChI=1S/C38H38N4O.CH3.Pt/c1-37(2,3)25-18-19-40-36(22-25)42-34-15-11-8-12-30(34)31-17-16-28(24-35(31)42)43-29-21-26(38(4,5)6)20-27(23-29)41-33-14-10-9-13-32(33)39-7;;/h8-22,39,41H,1-7H3;1H3;/q-2;-1;/i7D3,8D,11D,12D,15D;;. The van der Waals surface area contributed by atoms with Gasteiger partial charge in [-0.05, 0) is 52.1 Å². The molecule has 0 fully saturated rings. The first kappa shape index (κ1) is 25.1. The summed E-state index contributed by atoms with van der Waals surface area (Å²) in [6, 6.07) is 23.9. The van der Waals surface area contributed by atoms with Crippen molar-refractivity contribution < 1.29 is 35.4 Å². The Morgan fingerprint density at radius 3 is 2.29 bits per heavy atom. The number of nitrogens with one attached hydrogen (secondary N) is 2. The third-order valence-corrected chi connectivity index (χ3v) is 7.38. The predicted molar refractivity (Wildman–Crippen MR) is 186 cm³/mol. The number of pyridine rings is 1. The number of rotatable bonds is 6. The number of hydrogen-bond acceptors (Lipinski definition) is 4. The molecule has 0 radical (unpaired) electrons. The number of fused-ring (bicyclic) bond motifs is 3. The van der Waals surface area contributed by atoms with Crippen LogP contribution in [0.15, 0.2) is 91.0 Å². The third kappa shape index (κ3) is 6.94. The van der Waals surface area contributed by atoms with E-state index in [4.69, 9.17) is 14.3 Å². The van der Waals surface area contributed by atoms with Gasteiger partial charge in [-0.1, -0.05) is 83.0 Å². The molecule has 0 saturated heterocycles. The minimum absolute atomic E-state index is 0. The van der Waals surface area contributed by atoms with Crippen molar-refractivity contribution in [1.82, 2.24) is 9.55 Å². The maximum atomic E-state index is 8.89. The van der Waals surface area contributed by atoms with E-state index in [2.05, 4.69) is 69.3 Å². The fourth-order valence-electron chi connectivity index (χ4n) is 4.98. The average molecular weight is 784 g/mol. The molecule has 0 aliphatic carbocycles. The molecule has 2 heterocycles. The van der Waals surface area contributed by atoms with E-state index in [-0.39, 0.29) is 63.5 Å². The third-order valence-electron chi connectivity index (χ3n) is 7.38. The first-order valence-electron chi connectivity index (χ1n) is 17.7. The zero-order valence-corrected chi connectivity index (χ0v) is 28.7. The Bertz CT molecular complexity index is 2270. The fourth-order valence-corrected chi connectivity index (χ4v) is 4.98. The predicted octanol–water partition coefficient (Wildman–Crippen LogP) is 10.4. The van der Waals surface area contributed by atoms with E-state index < -0.39 is 6.98 Å². The molecule has 6 aromatic rings. The van der Waals surface area contributed by atoms with Gasteiger partial charge in [0.15, 0.2) is 0 Å². The maximum absolute atomic E-state index is 8.89. The first-order chi connectivity index (χ1) is 23.3. The topological polar surface area (TPSA) is 51.1 Å². The summed E-state index contributed by atoms with van der Waals surface area (Å²) < 4.78 is 65.7. The van der Waals surface area contributed by atoms with Crippen LogP contribution >= 0.6 is 0 Å². The molecule has 2 aromatic heterocycles. The van der Waals surface area contributed by atoms with Gasteiger partial charge >= 0.3 is 0 Å². The molecule has 236 valence electrons. The molecule has 0 amide bonds. The Balaban J connectivity index is 0.00000302. The van der Waals surface area contributed by atoms with Crippen LogP contribution in [-0.2, 0) is 31.9 Å². The average Bonchev–Trinajstić information content (AvgIpc) is 3.37. The van der Waals surface area contributed by atoms with Crippen LogP contribution in [0.3, 0.4) is 0 Å². The van der Waals surface area contributed by atoms with Gasteiger partial charge in [-0.2, -0.15) is 6.07 Å². The second kappa shape index (κ2) is 13.1. The van der Waals surface area contributed by atoms with Gasteiger partial charge in [-0.15, -0.1) is 41.3 Å². The van der Waals surface area contributed by atoms with Crippen LogP contribution in [0, 0.1) is 19.6 Å². The summed E-state index contributed by atoms with van der Waals surface area (Å²) in [6.07, 6.45) is 1.70. The smallest absolute Gasteiger partial charge is 0.135 e. The molecule has 4 aromatic carbocycles. The molecule has 0 aliphatic rings. The van der Waals surface area contributed by atoms with Crippen molar-refractivity contribution in [2.24, 2.45) is 0 Å². The Kier molecular flexibility index (Phi) is 7.33. The van der Waals surface area contributed by atoms with E-state index in [9.17, 15) is 0 Å². The van der Waals surface area contributed by atoms with Gasteiger partial charge < -0.3 is 27.4 Å². The van der Waals surface area contributed by atoms with Crippen LogP contribution in [0.25, 0.3) is 27.6 Å². The van der Waals surface area contributed by atoms with Crippen LogP contribution in [0.5, 0.6) is 11.5 Å². The van der Waals surface area contributed by atoms with Gasteiger partial charge in [-0.25, -0.2) is 4.98 Å². The van der Waals surface area contributed by atoms with E-state index in [0.29, 0.717) is 56.2 Å². The molecule has 0 saturated carbocycles. The van der Waals surface area contributed by atoms with Gasteiger partial charge in [0.25, 0.3) is 0 Å². The van der Waals surface area contributed by atoms with E-state index in [1.807, 2.05) is 30.3 Å². The molecule has 5 nitrogen and oxygen atoms in total. The molecule has 45 heavy (non-hydrogen) atoms. The molecule has 0 aliphatic heterocycles. The number of nitrogens with zero attached hydrogens (tertiary/aromatic N) is 2. The van der Waals surface area contributed by atoms with E-state index >= 15 is 0 Å². The molecule has 6 rings (SSSR count). The number of hydrogen-bond donors (Lipinski definition) is 2. The fraction of sp³-hybridized carbons (Fsp3) is 0.231. The molecule has 6 heteroatoms. The van der Waals surface area contributed by atoms with Gasteiger partial charge in [0.1, 0.15) is 5.82 Å². The van der Waals surface area contributed by atoms with Crippen LogP contribution in [0.1, 0.15) is 62.3 Å². The monoisotopic (exact) mass is 783 g/mol. The van der Waals surface area contributed by atoms with Gasteiger partial charge in [-0.3, -0.25) is 0 Å². The maximum Gasteiger partial charge on any atom is 0.135 e. The summed E-state index contributed by atoms with van der Waals surface area (Å²) >= 11 is 0. The van der Waals surface area contributed by atoms with Crippen molar-refractivity contribution >= 4 is 38.9 Å².